The first-order valence-electron chi connectivity index (χ1n) is 10.1. The first-order chi connectivity index (χ1) is 14.0. The Labute approximate surface area is 177 Å². The molecule has 1 fully saturated rings. The lowest BCUT2D eigenvalue weighted by Gasteiger charge is -2.36. The smallest absolute Gasteiger partial charge is 0.270 e. The van der Waals surface area contributed by atoms with Crippen LogP contribution in [0.15, 0.2) is 54.6 Å². The van der Waals surface area contributed by atoms with Crippen molar-refractivity contribution in [3.8, 4) is 0 Å². The molecule has 1 aromatic heterocycles. The maximum Gasteiger partial charge on any atom is 0.270 e. The van der Waals surface area contributed by atoms with Crippen molar-refractivity contribution in [2.24, 2.45) is 0 Å². The third-order valence-corrected chi connectivity index (χ3v) is 5.88. The van der Waals surface area contributed by atoms with E-state index < -0.39 is 0 Å². The van der Waals surface area contributed by atoms with E-state index in [1.165, 1.54) is 0 Å². The SMILES string of the molecule is CN(C)CCn1c(C(=O)N2CCN(c3ccccc3Cl)CC2)cc2ccccc21. The van der Waals surface area contributed by atoms with Crippen molar-refractivity contribution in [3.63, 3.8) is 0 Å². The Kier molecular flexibility index (Phi) is 5.79. The molecule has 0 spiro atoms. The van der Waals surface area contributed by atoms with Gasteiger partial charge >= 0.3 is 0 Å². The van der Waals surface area contributed by atoms with E-state index in [0.29, 0.717) is 13.1 Å². The van der Waals surface area contributed by atoms with Gasteiger partial charge in [-0.15, -0.1) is 0 Å². The fourth-order valence-electron chi connectivity index (χ4n) is 3.95. The Morgan fingerprint density at radius 3 is 2.41 bits per heavy atom. The van der Waals surface area contributed by atoms with Gasteiger partial charge in [-0.05, 0) is 38.4 Å². The van der Waals surface area contributed by atoms with Gasteiger partial charge in [0, 0.05) is 50.2 Å². The van der Waals surface area contributed by atoms with Crippen LogP contribution in [0.2, 0.25) is 5.02 Å². The molecule has 5 nitrogen and oxygen atoms in total. The van der Waals surface area contributed by atoms with Crippen LogP contribution in [0.25, 0.3) is 10.9 Å². The summed E-state index contributed by atoms with van der Waals surface area (Å²) < 4.78 is 2.16. The minimum Gasteiger partial charge on any atom is -0.367 e. The van der Waals surface area contributed by atoms with Gasteiger partial charge in [0.2, 0.25) is 0 Å². The topological polar surface area (TPSA) is 31.7 Å². The van der Waals surface area contributed by atoms with Crippen molar-refractivity contribution in [1.82, 2.24) is 14.4 Å². The van der Waals surface area contributed by atoms with E-state index in [2.05, 4.69) is 40.6 Å². The van der Waals surface area contributed by atoms with Gasteiger partial charge in [0.25, 0.3) is 5.91 Å². The molecule has 0 unspecified atom stereocenters. The molecule has 1 aliphatic heterocycles. The highest BCUT2D eigenvalue weighted by Gasteiger charge is 2.26. The molecule has 1 saturated heterocycles. The average Bonchev–Trinajstić information content (AvgIpc) is 3.11. The fraction of sp³-hybridized carbons (Fsp3) is 0.348. The lowest BCUT2D eigenvalue weighted by atomic mass is 10.2. The van der Waals surface area contributed by atoms with Gasteiger partial charge < -0.3 is 19.3 Å². The van der Waals surface area contributed by atoms with Crippen molar-refractivity contribution in [2.75, 3.05) is 51.7 Å². The molecule has 0 saturated carbocycles. The summed E-state index contributed by atoms with van der Waals surface area (Å²) in [6.07, 6.45) is 0. The van der Waals surface area contributed by atoms with Crippen LogP contribution in [0.4, 0.5) is 5.69 Å². The Morgan fingerprint density at radius 1 is 1.00 bits per heavy atom. The number of nitrogens with zero attached hydrogens (tertiary/aromatic N) is 4. The maximum absolute atomic E-state index is 13.4. The Hall–Kier alpha value is -2.50. The molecular formula is C23H27ClN4O. The molecule has 2 aromatic carbocycles. The van der Waals surface area contributed by atoms with Gasteiger partial charge in [-0.1, -0.05) is 41.9 Å². The second-order valence-corrected chi connectivity index (χ2v) is 8.18. The van der Waals surface area contributed by atoms with Gasteiger partial charge in [0.05, 0.1) is 10.7 Å². The number of hydrogen-bond acceptors (Lipinski definition) is 3. The summed E-state index contributed by atoms with van der Waals surface area (Å²) in [5.74, 6) is 0.110. The molecule has 6 heteroatoms. The van der Waals surface area contributed by atoms with Crippen molar-refractivity contribution < 1.29 is 4.79 Å². The molecule has 0 radical (unpaired) electrons. The second kappa shape index (κ2) is 8.47. The molecule has 0 aliphatic carbocycles. The van der Waals surface area contributed by atoms with Crippen LogP contribution < -0.4 is 4.90 Å². The fourth-order valence-corrected chi connectivity index (χ4v) is 4.20. The summed E-state index contributed by atoms with van der Waals surface area (Å²) in [7, 11) is 4.11. The number of rotatable bonds is 5. The zero-order valence-electron chi connectivity index (χ0n) is 17.0. The molecule has 0 atom stereocenters. The number of piperazine rings is 1. The molecule has 0 bridgehead atoms. The molecule has 0 N–H and O–H groups in total. The highest BCUT2D eigenvalue weighted by atomic mass is 35.5. The first kappa shape index (κ1) is 19.8. The average molecular weight is 411 g/mol. The summed E-state index contributed by atoms with van der Waals surface area (Å²) in [5.41, 5.74) is 2.94. The standard InChI is InChI=1S/C23H27ClN4O/c1-25(2)11-16-28-20-9-5-3-7-18(20)17-22(28)23(29)27-14-12-26(13-15-27)21-10-6-4-8-19(21)24/h3-10,17H,11-16H2,1-2H3. The predicted octanol–water partition coefficient (Wildman–Crippen LogP) is 3.82. The Bertz CT molecular complexity index is 1010. The van der Waals surface area contributed by atoms with Crippen LogP contribution in [0.3, 0.4) is 0 Å². The molecule has 1 aliphatic rings. The highest BCUT2D eigenvalue weighted by Crippen LogP contribution is 2.27. The Balaban J connectivity index is 1.53. The summed E-state index contributed by atoms with van der Waals surface area (Å²) in [6.45, 7) is 4.64. The number of halogens is 1. The van der Waals surface area contributed by atoms with E-state index in [1.54, 1.807) is 0 Å². The monoisotopic (exact) mass is 410 g/mol. The van der Waals surface area contributed by atoms with Crippen molar-refractivity contribution in [1.29, 1.82) is 0 Å². The van der Waals surface area contributed by atoms with Crippen LogP contribution in [0.5, 0.6) is 0 Å². The molecule has 4 rings (SSSR count). The lowest BCUT2D eigenvalue weighted by molar-refractivity contribution is 0.0736. The largest absolute Gasteiger partial charge is 0.367 e. The zero-order chi connectivity index (χ0) is 20.4. The third-order valence-electron chi connectivity index (χ3n) is 5.56. The second-order valence-electron chi connectivity index (χ2n) is 7.77. The molecule has 1 amide bonds. The molecule has 3 aromatic rings. The van der Waals surface area contributed by atoms with Gasteiger partial charge in [-0.25, -0.2) is 0 Å². The third kappa shape index (κ3) is 4.11. The number of anilines is 1. The first-order valence-corrected chi connectivity index (χ1v) is 10.4. The molecule has 152 valence electrons. The van der Waals surface area contributed by atoms with Gasteiger partial charge in [0.15, 0.2) is 0 Å². The number of para-hydroxylation sites is 2. The summed E-state index contributed by atoms with van der Waals surface area (Å²) in [4.78, 5) is 19.8. The van der Waals surface area contributed by atoms with E-state index in [-0.39, 0.29) is 5.91 Å². The maximum atomic E-state index is 13.4. The van der Waals surface area contributed by atoms with E-state index >= 15 is 0 Å². The summed E-state index contributed by atoms with van der Waals surface area (Å²) >= 11 is 6.35. The minimum absolute atomic E-state index is 0.110. The van der Waals surface area contributed by atoms with Crippen molar-refractivity contribution >= 4 is 34.1 Å². The van der Waals surface area contributed by atoms with Crippen LogP contribution in [0, 0.1) is 0 Å². The number of carbonyl (C=O) groups is 1. The van der Waals surface area contributed by atoms with E-state index in [9.17, 15) is 4.79 Å². The minimum atomic E-state index is 0.110. The van der Waals surface area contributed by atoms with Crippen LogP contribution in [0.1, 0.15) is 10.5 Å². The van der Waals surface area contributed by atoms with E-state index in [1.807, 2.05) is 47.4 Å². The number of likely N-dealkylation sites (N-methyl/N-ethyl adjacent to an activating group) is 1. The highest BCUT2D eigenvalue weighted by molar-refractivity contribution is 6.33. The van der Waals surface area contributed by atoms with Crippen molar-refractivity contribution in [3.05, 3.63) is 65.3 Å². The number of carbonyl (C=O) groups excluding carboxylic acids is 1. The van der Waals surface area contributed by atoms with Crippen LogP contribution in [-0.2, 0) is 6.54 Å². The number of hydrogen-bond donors (Lipinski definition) is 0. The van der Waals surface area contributed by atoms with Gasteiger partial charge in [-0.2, -0.15) is 0 Å². The van der Waals surface area contributed by atoms with Gasteiger partial charge in [-0.3, -0.25) is 4.79 Å². The van der Waals surface area contributed by atoms with Crippen molar-refractivity contribution in [2.45, 2.75) is 6.54 Å². The summed E-state index contributed by atoms with van der Waals surface area (Å²) in [5, 5.41) is 1.88. The predicted molar refractivity (Wildman–Crippen MR) is 120 cm³/mol. The van der Waals surface area contributed by atoms with Crippen LogP contribution in [-0.4, -0.2) is 67.1 Å². The Morgan fingerprint density at radius 2 is 1.69 bits per heavy atom. The van der Waals surface area contributed by atoms with Crippen LogP contribution >= 0.6 is 11.6 Å². The van der Waals surface area contributed by atoms with E-state index in [0.717, 1.165) is 53.5 Å². The normalized spacial score (nSPS) is 14.8. The number of fused-ring (bicyclic) bond motifs is 1. The molecule has 29 heavy (non-hydrogen) atoms. The van der Waals surface area contributed by atoms with Gasteiger partial charge in [0.1, 0.15) is 5.69 Å². The zero-order valence-corrected chi connectivity index (χ0v) is 17.8. The van der Waals surface area contributed by atoms with E-state index in [4.69, 9.17) is 11.6 Å². The molecular weight excluding hydrogens is 384 g/mol. The number of aromatic nitrogens is 1. The molecule has 2 heterocycles. The quantitative estimate of drug-likeness (QED) is 0.640. The number of benzene rings is 2. The number of amides is 1. The lowest BCUT2D eigenvalue weighted by Crippen LogP contribution is -2.49. The summed E-state index contributed by atoms with van der Waals surface area (Å²) in [6, 6.07) is 18.2.